The van der Waals surface area contributed by atoms with Crippen molar-refractivity contribution in [3.63, 3.8) is 0 Å². The minimum Gasteiger partial charge on any atom is -0.356 e. The summed E-state index contributed by atoms with van der Waals surface area (Å²) >= 11 is 1.84. The fourth-order valence-corrected chi connectivity index (χ4v) is 2.98. The van der Waals surface area contributed by atoms with E-state index in [9.17, 15) is 14.3 Å². The van der Waals surface area contributed by atoms with Gasteiger partial charge in [-0.2, -0.15) is 11.8 Å². The van der Waals surface area contributed by atoms with E-state index in [0.29, 0.717) is 18.2 Å². The van der Waals surface area contributed by atoms with Gasteiger partial charge < -0.3 is 10.2 Å². The zero-order valence-corrected chi connectivity index (χ0v) is 13.5. The van der Waals surface area contributed by atoms with E-state index in [1.807, 2.05) is 11.8 Å². The molecule has 0 aliphatic carbocycles. The Kier molecular flexibility index (Phi) is 9.01. The Labute approximate surface area is 115 Å². The number of hydrogen-bond acceptors (Lipinski definition) is 3. The summed E-state index contributed by atoms with van der Waals surface area (Å²) in [4.78, 5) is 21.0. The molecule has 18 heavy (non-hydrogen) atoms. The van der Waals surface area contributed by atoms with Crippen LogP contribution in [0, 0.1) is 0 Å². The van der Waals surface area contributed by atoms with Crippen LogP contribution < -0.4 is 5.32 Å². The lowest BCUT2D eigenvalue weighted by atomic mass is 10.3. The molecule has 0 aliphatic rings. The minimum atomic E-state index is -3.08. The molecule has 0 aromatic rings. The molecule has 0 saturated carbocycles. The van der Waals surface area contributed by atoms with E-state index < -0.39 is 7.37 Å². The summed E-state index contributed by atoms with van der Waals surface area (Å²) in [6.07, 6.45) is 1.52. The zero-order valence-electron chi connectivity index (χ0n) is 11.8. The summed E-state index contributed by atoms with van der Waals surface area (Å²) in [5.74, 6) is 0.957. The molecule has 0 saturated heterocycles. The minimum absolute atomic E-state index is 0.0249. The van der Waals surface area contributed by atoms with Gasteiger partial charge >= 0.3 is 0 Å². The first-order valence-corrected chi connectivity index (χ1v) is 9.41. The van der Waals surface area contributed by atoms with Gasteiger partial charge in [0.05, 0.1) is 0 Å². The van der Waals surface area contributed by atoms with Crippen molar-refractivity contribution < 1.29 is 14.3 Å². The lowest BCUT2D eigenvalue weighted by molar-refractivity contribution is -0.120. The third-order valence-corrected chi connectivity index (χ3v) is 6.23. The molecule has 1 unspecified atom stereocenters. The molecule has 4 nitrogen and oxygen atoms in total. The second kappa shape index (κ2) is 9.00. The molecule has 0 radical (unpaired) electrons. The van der Waals surface area contributed by atoms with E-state index in [2.05, 4.69) is 19.2 Å². The standard InChI is InChI=1S/C12H26NO3PS/c1-10(2)17(15,16)8-7-13-12(14)6-5-9-18-11(3)4/h10-11H,5-9H2,1-4H3,(H,13,14)(H,15,16). The van der Waals surface area contributed by atoms with Crippen LogP contribution in [-0.4, -0.2) is 40.2 Å². The Morgan fingerprint density at radius 2 is 1.94 bits per heavy atom. The molecule has 0 bridgehead atoms. The number of carbonyl (C=O) groups is 1. The smallest absolute Gasteiger partial charge is 0.220 e. The summed E-state index contributed by atoms with van der Waals surface area (Å²) in [6, 6.07) is 0. The van der Waals surface area contributed by atoms with Crippen LogP contribution in [0.4, 0.5) is 0 Å². The quantitative estimate of drug-likeness (QED) is 0.507. The second-order valence-corrected chi connectivity index (χ2v) is 9.62. The van der Waals surface area contributed by atoms with Gasteiger partial charge in [0.1, 0.15) is 0 Å². The second-order valence-electron chi connectivity index (χ2n) is 4.95. The van der Waals surface area contributed by atoms with Gasteiger partial charge in [0.15, 0.2) is 0 Å². The lowest BCUT2D eigenvalue weighted by Gasteiger charge is -2.15. The van der Waals surface area contributed by atoms with Gasteiger partial charge in [-0.15, -0.1) is 0 Å². The maximum absolute atomic E-state index is 11.6. The monoisotopic (exact) mass is 295 g/mol. The average Bonchev–Trinajstić information content (AvgIpc) is 2.23. The van der Waals surface area contributed by atoms with Crippen LogP contribution in [0.3, 0.4) is 0 Å². The summed E-state index contributed by atoms with van der Waals surface area (Å²) in [5, 5.41) is 3.30. The predicted molar refractivity (Wildman–Crippen MR) is 79.7 cm³/mol. The molecule has 0 heterocycles. The van der Waals surface area contributed by atoms with Gasteiger partial charge in [0.25, 0.3) is 0 Å². The van der Waals surface area contributed by atoms with Crippen LogP contribution in [0.15, 0.2) is 0 Å². The van der Waals surface area contributed by atoms with Crippen LogP contribution in [0.25, 0.3) is 0 Å². The van der Waals surface area contributed by atoms with Crippen molar-refractivity contribution in [3.05, 3.63) is 0 Å². The molecule has 0 aliphatic heterocycles. The Morgan fingerprint density at radius 3 is 2.44 bits per heavy atom. The van der Waals surface area contributed by atoms with E-state index in [0.717, 1.165) is 12.2 Å². The molecule has 0 fully saturated rings. The van der Waals surface area contributed by atoms with E-state index >= 15 is 0 Å². The molecular formula is C12H26NO3PS. The number of hydrogen-bond donors (Lipinski definition) is 2. The Bertz CT molecular complexity index is 295. The number of rotatable bonds is 9. The van der Waals surface area contributed by atoms with Gasteiger partial charge in [-0.1, -0.05) is 27.7 Å². The highest BCUT2D eigenvalue weighted by Gasteiger charge is 2.22. The van der Waals surface area contributed by atoms with Crippen LogP contribution >= 0.6 is 19.1 Å². The molecule has 2 N–H and O–H groups in total. The Hall–Kier alpha value is 0.01000. The largest absolute Gasteiger partial charge is 0.356 e. The van der Waals surface area contributed by atoms with Crippen molar-refractivity contribution in [1.82, 2.24) is 5.32 Å². The first kappa shape index (κ1) is 18.0. The third kappa shape index (κ3) is 9.01. The van der Waals surface area contributed by atoms with Crippen molar-refractivity contribution in [1.29, 1.82) is 0 Å². The molecule has 0 aromatic carbocycles. The maximum atomic E-state index is 11.6. The number of nitrogens with one attached hydrogen (secondary N) is 1. The number of thioether (sulfide) groups is 1. The highest BCUT2D eigenvalue weighted by molar-refractivity contribution is 7.99. The third-order valence-electron chi connectivity index (χ3n) is 2.56. The fourth-order valence-electron chi connectivity index (χ4n) is 1.25. The number of carbonyl (C=O) groups excluding carboxylic acids is 1. The molecule has 6 heteroatoms. The van der Waals surface area contributed by atoms with Gasteiger partial charge in [0, 0.05) is 24.8 Å². The normalized spacial score (nSPS) is 14.8. The van der Waals surface area contributed by atoms with Crippen molar-refractivity contribution in [3.8, 4) is 0 Å². The molecule has 0 aromatic heterocycles. The van der Waals surface area contributed by atoms with Gasteiger partial charge in [-0.05, 0) is 17.4 Å². The maximum Gasteiger partial charge on any atom is 0.220 e. The van der Waals surface area contributed by atoms with Crippen LogP contribution in [0.1, 0.15) is 40.5 Å². The van der Waals surface area contributed by atoms with E-state index in [-0.39, 0.29) is 17.7 Å². The summed E-state index contributed by atoms with van der Waals surface area (Å²) < 4.78 is 11.6. The van der Waals surface area contributed by atoms with Gasteiger partial charge in [-0.3, -0.25) is 9.36 Å². The summed E-state index contributed by atoms with van der Waals surface area (Å²) in [5.41, 5.74) is -0.239. The van der Waals surface area contributed by atoms with Crippen molar-refractivity contribution in [2.75, 3.05) is 18.5 Å². The van der Waals surface area contributed by atoms with E-state index in [1.165, 1.54) is 0 Å². The Balaban J connectivity index is 3.63. The topological polar surface area (TPSA) is 66.4 Å². The van der Waals surface area contributed by atoms with E-state index in [4.69, 9.17) is 0 Å². The van der Waals surface area contributed by atoms with E-state index in [1.54, 1.807) is 13.8 Å². The van der Waals surface area contributed by atoms with Crippen molar-refractivity contribution in [2.24, 2.45) is 0 Å². The molecule has 0 rings (SSSR count). The molecular weight excluding hydrogens is 269 g/mol. The summed E-state index contributed by atoms with van der Waals surface area (Å²) in [6.45, 7) is 8.02. The molecule has 0 spiro atoms. The van der Waals surface area contributed by atoms with Gasteiger partial charge in [-0.25, -0.2) is 0 Å². The van der Waals surface area contributed by atoms with Gasteiger partial charge in [0.2, 0.25) is 13.3 Å². The summed E-state index contributed by atoms with van der Waals surface area (Å²) in [7, 11) is -3.08. The first-order valence-electron chi connectivity index (χ1n) is 6.45. The molecule has 1 amide bonds. The highest BCUT2D eigenvalue weighted by Crippen LogP contribution is 2.44. The van der Waals surface area contributed by atoms with Crippen LogP contribution in [0.5, 0.6) is 0 Å². The van der Waals surface area contributed by atoms with Crippen LogP contribution in [-0.2, 0) is 9.36 Å². The molecule has 108 valence electrons. The van der Waals surface area contributed by atoms with Crippen molar-refractivity contribution in [2.45, 2.75) is 51.4 Å². The fraction of sp³-hybridized carbons (Fsp3) is 0.917. The number of amides is 1. The van der Waals surface area contributed by atoms with Crippen LogP contribution in [0.2, 0.25) is 0 Å². The SMILES string of the molecule is CC(C)SCCCC(=O)NCCP(=O)(O)C(C)C. The van der Waals surface area contributed by atoms with Crippen molar-refractivity contribution >= 4 is 25.0 Å². The highest BCUT2D eigenvalue weighted by atomic mass is 32.2. The first-order chi connectivity index (χ1) is 8.25. The Morgan fingerprint density at radius 1 is 1.33 bits per heavy atom. The molecule has 1 atom stereocenters. The predicted octanol–water partition coefficient (Wildman–Crippen LogP) is 2.70. The zero-order chi connectivity index (χ0) is 14.2. The average molecular weight is 295 g/mol. The lowest BCUT2D eigenvalue weighted by Crippen LogP contribution is -2.27.